The van der Waals surface area contributed by atoms with Gasteiger partial charge in [-0.15, -0.1) is 0 Å². The molecule has 0 atom stereocenters. The molecule has 0 aliphatic heterocycles. The predicted octanol–water partition coefficient (Wildman–Crippen LogP) is 2.49. The van der Waals surface area contributed by atoms with Gasteiger partial charge in [0, 0.05) is 17.2 Å². The van der Waals surface area contributed by atoms with Gasteiger partial charge in [0.05, 0.1) is 5.56 Å². The minimum Gasteiger partial charge on any atom is -0.423 e. The average molecular weight is 256 g/mol. The number of esters is 1. The summed E-state index contributed by atoms with van der Waals surface area (Å²) < 4.78 is 5.08. The minimum absolute atomic E-state index is 0.114. The third-order valence-electron chi connectivity index (χ3n) is 2.74. The summed E-state index contributed by atoms with van der Waals surface area (Å²) in [4.78, 5) is 35.3. The maximum atomic E-state index is 12.0. The van der Waals surface area contributed by atoms with Crippen molar-refractivity contribution in [2.24, 2.45) is 0 Å². The second-order valence-electron chi connectivity index (χ2n) is 4.12. The Hall–Kier alpha value is -2.49. The second-order valence-corrected chi connectivity index (χ2v) is 4.12. The fourth-order valence-electron chi connectivity index (χ4n) is 1.88. The Bertz CT molecular complexity index is 636. The highest BCUT2D eigenvalue weighted by atomic mass is 16.5. The first kappa shape index (κ1) is 13.0. The molecule has 0 spiro atoms. The molecule has 19 heavy (non-hydrogen) atoms. The van der Waals surface area contributed by atoms with Gasteiger partial charge < -0.3 is 4.74 Å². The van der Waals surface area contributed by atoms with Crippen molar-refractivity contribution in [3.8, 4) is 5.75 Å². The first-order chi connectivity index (χ1) is 9.04. The van der Waals surface area contributed by atoms with Gasteiger partial charge in [0.2, 0.25) is 0 Å². The van der Waals surface area contributed by atoms with Crippen molar-refractivity contribution in [2.45, 2.75) is 13.8 Å². The van der Waals surface area contributed by atoms with E-state index in [2.05, 4.69) is 0 Å². The van der Waals surface area contributed by atoms with Crippen LogP contribution in [0.1, 0.15) is 34.6 Å². The van der Waals surface area contributed by atoms with Crippen LogP contribution in [0.5, 0.6) is 5.75 Å². The lowest BCUT2D eigenvalue weighted by Crippen LogP contribution is -2.18. The molecule has 1 aromatic carbocycles. The number of hydrogen-bond acceptors (Lipinski definition) is 4. The van der Waals surface area contributed by atoms with E-state index in [1.165, 1.54) is 24.3 Å². The Labute approximate surface area is 110 Å². The molecule has 0 unspecified atom stereocenters. The maximum absolute atomic E-state index is 12.0. The third kappa shape index (κ3) is 2.38. The highest BCUT2D eigenvalue weighted by molar-refractivity contribution is 6.25. The Morgan fingerprint density at radius 1 is 1.26 bits per heavy atom. The van der Waals surface area contributed by atoms with Crippen molar-refractivity contribution in [1.82, 2.24) is 0 Å². The molecule has 0 fully saturated rings. The van der Waals surface area contributed by atoms with Crippen LogP contribution < -0.4 is 4.74 Å². The zero-order valence-corrected chi connectivity index (χ0v) is 10.6. The number of carbonyl (C=O) groups excluding carboxylic acids is 3. The largest absolute Gasteiger partial charge is 0.423 e. The predicted molar refractivity (Wildman–Crippen MR) is 69.3 cm³/mol. The second kappa shape index (κ2) is 5.02. The van der Waals surface area contributed by atoms with Gasteiger partial charge in [-0.25, -0.2) is 4.79 Å². The van der Waals surface area contributed by atoms with Crippen molar-refractivity contribution in [1.29, 1.82) is 0 Å². The molecule has 96 valence electrons. The molecule has 0 aromatic heterocycles. The van der Waals surface area contributed by atoms with Gasteiger partial charge in [-0.05, 0) is 26.0 Å². The smallest absolute Gasteiger partial charge is 0.335 e. The van der Waals surface area contributed by atoms with Crippen LogP contribution in [-0.2, 0) is 4.79 Å². The standard InChI is InChI=1S/C15H12O4/c1-3-5-13(17)19-12-7-4-6-10-14(12)11(16)8-9(2)15(10)18/h3-8H,1-2H3/b5-3+. The Morgan fingerprint density at radius 2 is 2.00 bits per heavy atom. The summed E-state index contributed by atoms with van der Waals surface area (Å²) in [7, 11) is 0. The quantitative estimate of drug-likeness (QED) is 0.463. The highest BCUT2D eigenvalue weighted by Gasteiger charge is 2.26. The fourth-order valence-corrected chi connectivity index (χ4v) is 1.88. The summed E-state index contributed by atoms with van der Waals surface area (Å²) >= 11 is 0. The van der Waals surface area contributed by atoms with Crippen LogP contribution in [-0.4, -0.2) is 17.5 Å². The Kier molecular flexibility index (Phi) is 3.42. The molecule has 0 heterocycles. The van der Waals surface area contributed by atoms with Crippen molar-refractivity contribution < 1.29 is 19.1 Å². The van der Waals surface area contributed by atoms with Gasteiger partial charge in [-0.1, -0.05) is 18.2 Å². The number of ether oxygens (including phenoxy) is 1. The van der Waals surface area contributed by atoms with E-state index >= 15 is 0 Å². The summed E-state index contributed by atoms with van der Waals surface area (Å²) in [5.41, 5.74) is 0.807. The minimum atomic E-state index is -0.581. The van der Waals surface area contributed by atoms with Crippen LogP contribution in [0, 0.1) is 0 Å². The first-order valence-electron chi connectivity index (χ1n) is 5.79. The van der Waals surface area contributed by atoms with Crippen molar-refractivity contribution in [3.63, 3.8) is 0 Å². The van der Waals surface area contributed by atoms with E-state index in [4.69, 9.17) is 4.74 Å². The number of allylic oxidation sites excluding steroid dienone is 3. The fraction of sp³-hybridized carbons (Fsp3) is 0.133. The van der Waals surface area contributed by atoms with E-state index in [1.807, 2.05) is 0 Å². The summed E-state index contributed by atoms with van der Waals surface area (Å²) in [5.74, 6) is -1.01. The number of rotatable bonds is 2. The lowest BCUT2D eigenvalue weighted by molar-refractivity contribution is -0.129. The van der Waals surface area contributed by atoms with Crippen molar-refractivity contribution in [3.05, 3.63) is 53.1 Å². The van der Waals surface area contributed by atoms with Crippen LogP contribution in [0.3, 0.4) is 0 Å². The highest BCUT2D eigenvalue weighted by Crippen LogP contribution is 2.29. The van der Waals surface area contributed by atoms with E-state index in [0.717, 1.165) is 0 Å². The van der Waals surface area contributed by atoms with Crippen LogP contribution in [0.25, 0.3) is 0 Å². The molecule has 0 bridgehead atoms. The van der Waals surface area contributed by atoms with E-state index < -0.39 is 5.97 Å². The molecule has 1 aromatic rings. The topological polar surface area (TPSA) is 60.4 Å². The lowest BCUT2D eigenvalue weighted by atomic mass is 9.89. The lowest BCUT2D eigenvalue weighted by Gasteiger charge is -2.15. The van der Waals surface area contributed by atoms with Crippen LogP contribution in [0.4, 0.5) is 0 Å². The molecule has 0 saturated carbocycles. The molecule has 1 aliphatic carbocycles. The Balaban J connectivity index is 2.49. The molecule has 4 nitrogen and oxygen atoms in total. The van der Waals surface area contributed by atoms with Crippen molar-refractivity contribution >= 4 is 17.5 Å². The third-order valence-corrected chi connectivity index (χ3v) is 2.74. The monoisotopic (exact) mass is 256 g/mol. The van der Waals surface area contributed by atoms with Crippen LogP contribution in [0.15, 0.2) is 42.0 Å². The number of carbonyl (C=O) groups is 3. The van der Waals surface area contributed by atoms with Gasteiger partial charge in [0.25, 0.3) is 0 Å². The summed E-state index contributed by atoms with van der Waals surface area (Å²) in [6.07, 6.45) is 4.04. The van der Waals surface area contributed by atoms with Gasteiger partial charge in [-0.3, -0.25) is 9.59 Å². The number of ketones is 2. The Morgan fingerprint density at radius 3 is 2.68 bits per heavy atom. The normalized spacial score (nSPS) is 14.3. The SMILES string of the molecule is C/C=C/C(=O)Oc1cccc2c1C(=O)C=C(C)C2=O. The summed E-state index contributed by atoms with van der Waals surface area (Å²) in [5, 5.41) is 0. The van der Waals surface area contributed by atoms with Crippen LogP contribution in [0.2, 0.25) is 0 Å². The molecule has 1 aliphatic rings. The number of hydrogen-bond donors (Lipinski definition) is 0. The average Bonchev–Trinajstić information content (AvgIpc) is 2.36. The van der Waals surface area contributed by atoms with Gasteiger partial charge in [0.1, 0.15) is 5.75 Å². The molecule has 0 N–H and O–H groups in total. The molecule has 0 saturated heterocycles. The molecule has 0 radical (unpaired) electrons. The molecular weight excluding hydrogens is 244 g/mol. The summed E-state index contributed by atoms with van der Waals surface area (Å²) in [6, 6.07) is 4.64. The zero-order valence-electron chi connectivity index (χ0n) is 10.6. The molecule has 0 amide bonds. The number of fused-ring (bicyclic) bond motifs is 1. The van der Waals surface area contributed by atoms with E-state index in [-0.39, 0.29) is 28.4 Å². The molecular formula is C15H12O4. The van der Waals surface area contributed by atoms with Gasteiger partial charge >= 0.3 is 5.97 Å². The van der Waals surface area contributed by atoms with Gasteiger partial charge in [-0.2, -0.15) is 0 Å². The number of Topliss-reactive ketones (excluding diaryl/α,β-unsaturated/α-hetero) is 1. The van der Waals surface area contributed by atoms with E-state index in [0.29, 0.717) is 5.57 Å². The first-order valence-corrected chi connectivity index (χ1v) is 5.79. The maximum Gasteiger partial charge on any atom is 0.335 e. The van der Waals surface area contributed by atoms with Gasteiger partial charge in [0.15, 0.2) is 11.6 Å². The molecule has 2 rings (SSSR count). The summed E-state index contributed by atoms with van der Waals surface area (Å²) in [6.45, 7) is 3.27. The van der Waals surface area contributed by atoms with E-state index in [9.17, 15) is 14.4 Å². The number of benzene rings is 1. The van der Waals surface area contributed by atoms with E-state index in [1.54, 1.807) is 26.0 Å². The van der Waals surface area contributed by atoms with Crippen LogP contribution >= 0.6 is 0 Å². The zero-order chi connectivity index (χ0) is 14.0. The molecule has 4 heteroatoms. The van der Waals surface area contributed by atoms with Crippen molar-refractivity contribution in [2.75, 3.05) is 0 Å².